The van der Waals surface area contributed by atoms with Crippen molar-refractivity contribution in [2.24, 2.45) is 11.8 Å². The number of ether oxygens (including phenoxy) is 2. The number of hydrogen-bond donors (Lipinski definition) is 2. The first-order chi connectivity index (χ1) is 13.5. The average Bonchev–Trinajstić information content (AvgIpc) is 2.72. The third-order valence-electron chi connectivity index (χ3n) is 5.20. The fourth-order valence-electron chi connectivity index (χ4n) is 3.39. The molecule has 3 rings (SSSR count). The van der Waals surface area contributed by atoms with Crippen molar-refractivity contribution in [3.05, 3.63) is 66.2 Å². The quantitative estimate of drug-likeness (QED) is 0.534. The summed E-state index contributed by atoms with van der Waals surface area (Å²) in [7, 11) is 0. The second-order valence-electron chi connectivity index (χ2n) is 7.31. The van der Waals surface area contributed by atoms with Crippen LogP contribution in [-0.4, -0.2) is 29.4 Å². The second kappa shape index (κ2) is 9.31. The van der Waals surface area contributed by atoms with Crippen molar-refractivity contribution < 1.29 is 24.5 Å². The van der Waals surface area contributed by atoms with Crippen LogP contribution in [0.1, 0.15) is 41.6 Å². The molecule has 1 saturated carbocycles. The predicted molar refractivity (Wildman–Crippen MR) is 107 cm³/mol. The highest BCUT2D eigenvalue weighted by atomic mass is 16.5. The summed E-state index contributed by atoms with van der Waals surface area (Å²) in [5, 5.41) is 18.6. The molecule has 2 aromatic carbocycles. The van der Waals surface area contributed by atoms with Crippen molar-refractivity contribution in [1.29, 1.82) is 0 Å². The number of phenols is 2. The maximum Gasteiger partial charge on any atom is 0.338 e. The van der Waals surface area contributed by atoms with Crippen LogP contribution in [0.25, 0.3) is 5.76 Å². The number of rotatable bonds is 7. The third kappa shape index (κ3) is 5.52. The minimum Gasteiger partial charge on any atom is -0.508 e. The smallest absolute Gasteiger partial charge is 0.338 e. The Bertz CT molecular complexity index is 717. The number of carbonyl (C=O) groups excluding carboxylic acids is 1. The molecule has 0 unspecified atom stereocenters. The Labute approximate surface area is 165 Å². The number of hydrogen-bond acceptors (Lipinski definition) is 5. The minimum atomic E-state index is -0.351. The molecular weight excluding hydrogens is 356 g/mol. The zero-order chi connectivity index (χ0) is 19.9. The van der Waals surface area contributed by atoms with Crippen molar-refractivity contribution >= 4 is 11.7 Å². The average molecular weight is 382 g/mol. The number of esters is 1. The molecule has 5 heteroatoms. The summed E-state index contributed by atoms with van der Waals surface area (Å²) in [4.78, 5) is 12.0. The number of benzene rings is 2. The van der Waals surface area contributed by atoms with Crippen LogP contribution in [0.4, 0.5) is 0 Å². The molecule has 0 spiro atoms. The third-order valence-corrected chi connectivity index (χ3v) is 5.20. The summed E-state index contributed by atoms with van der Waals surface area (Å²) in [6, 6.07) is 12.9. The Hall–Kier alpha value is -2.95. The molecule has 0 heterocycles. The van der Waals surface area contributed by atoms with E-state index in [0.29, 0.717) is 36.4 Å². The molecule has 1 aliphatic rings. The molecule has 0 radical (unpaired) electrons. The summed E-state index contributed by atoms with van der Waals surface area (Å²) >= 11 is 0. The number of phenolic OH excluding ortho intramolecular Hbond substituents is 2. The van der Waals surface area contributed by atoms with Crippen LogP contribution >= 0.6 is 0 Å². The van der Waals surface area contributed by atoms with E-state index in [1.54, 1.807) is 36.4 Å². The molecule has 148 valence electrons. The highest BCUT2D eigenvalue weighted by Gasteiger charge is 2.23. The molecule has 0 bridgehead atoms. The van der Waals surface area contributed by atoms with Crippen LogP contribution in [0.3, 0.4) is 0 Å². The molecule has 2 aromatic rings. The van der Waals surface area contributed by atoms with Gasteiger partial charge in [-0.2, -0.15) is 0 Å². The van der Waals surface area contributed by atoms with Crippen molar-refractivity contribution in [1.82, 2.24) is 0 Å². The van der Waals surface area contributed by atoms with Gasteiger partial charge in [0.2, 0.25) is 0 Å². The molecule has 0 amide bonds. The summed E-state index contributed by atoms with van der Waals surface area (Å²) in [5.41, 5.74) is 1.32. The van der Waals surface area contributed by atoms with Gasteiger partial charge in [-0.25, -0.2) is 4.79 Å². The summed E-state index contributed by atoms with van der Waals surface area (Å²) < 4.78 is 11.2. The lowest BCUT2D eigenvalue weighted by atomic mass is 9.83. The number of aromatic hydroxyl groups is 2. The monoisotopic (exact) mass is 382 g/mol. The topological polar surface area (TPSA) is 76.0 Å². The van der Waals surface area contributed by atoms with Crippen molar-refractivity contribution in [3.8, 4) is 11.5 Å². The fourth-order valence-corrected chi connectivity index (χ4v) is 3.39. The summed E-state index contributed by atoms with van der Waals surface area (Å²) in [5.74, 6) is 1.46. The van der Waals surface area contributed by atoms with Gasteiger partial charge < -0.3 is 19.7 Å². The largest absolute Gasteiger partial charge is 0.508 e. The molecule has 2 N–H and O–H groups in total. The van der Waals surface area contributed by atoms with E-state index in [1.807, 2.05) is 0 Å². The van der Waals surface area contributed by atoms with Gasteiger partial charge in [0.15, 0.2) is 0 Å². The van der Waals surface area contributed by atoms with Crippen molar-refractivity contribution in [2.75, 3.05) is 13.2 Å². The lowest BCUT2D eigenvalue weighted by Gasteiger charge is -2.28. The Morgan fingerprint density at radius 3 is 1.71 bits per heavy atom. The van der Waals surface area contributed by atoms with Gasteiger partial charge in [-0.15, -0.1) is 0 Å². The highest BCUT2D eigenvalue weighted by molar-refractivity contribution is 5.89. The van der Waals surface area contributed by atoms with Crippen LogP contribution < -0.4 is 0 Å². The van der Waals surface area contributed by atoms with Gasteiger partial charge in [-0.05, 0) is 86.1 Å². The van der Waals surface area contributed by atoms with Gasteiger partial charge in [-0.3, -0.25) is 0 Å². The Morgan fingerprint density at radius 1 is 0.786 bits per heavy atom. The zero-order valence-corrected chi connectivity index (χ0v) is 15.8. The first kappa shape index (κ1) is 19.8. The first-order valence-corrected chi connectivity index (χ1v) is 9.58. The van der Waals surface area contributed by atoms with E-state index in [9.17, 15) is 15.0 Å². The van der Waals surface area contributed by atoms with Gasteiger partial charge in [0.25, 0.3) is 0 Å². The fraction of sp³-hybridized carbons (Fsp3) is 0.348. The molecule has 0 aliphatic heterocycles. The van der Waals surface area contributed by atoms with Gasteiger partial charge >= 0.3 is 5.97 Å². The maximum atomic E-state index is 12.0. The Balaban J connectivity index is 1.36. The zero-order valence-electron chi connectivity index (χ0n) is 15.8. The lowest BCUT2D eigenvalue weighted by molar-refractivity contribution is 0.0380. The van der Waals surface area contributed by atoms with Crippen LogP contribution in [0, 0.1) is 11.8 Å². The lowest BCUT2D eigenvalue weighted by Crippen LogP contribution is -2.22. The molecule has 5 nitrogen and oxygen atoms in total. The van der Waals surface area contributed by atoms with E-state index < -0.39 is 0 Å². The highest BCUT2D eigenvalue weighted by Crippen LogP contribution is 2.30. The summed E-state index contributed by atoms with van der Waals surface area (Å²) in [6.07, 6.45) is 4.07. The van der Waals surface area contributed by atoms with Crippen molar-refractivity contribution in [3.63, 3.8) is 0 Å². The van der Waals surface area contributed by atoms with Crippen LogP contribution in [0.5, 0.6) is 11.5 Å². The van der Waals surface area contributed by atoms with Gasteiger partial charge in [0, 0.05) is 5.56 Å². The molecule has 0 saturated heterocycles. The van der Waals surface area contributed by atoms with Crippen LogP contribution in [0.15, 0.2) is 55.1 Å². The molecule has 28 heavy (non-hydrogen) atoms. The Kier molecular flexibility index (Phi) is 6.58. The van der Waals surface area contributed by atoms with E-state index in [1.165, 1.54) is 12.1 Å². The molecule has 1 aliphatic carbocycles. The van der Waals surface area contributed by atoms with Crippen LogP contribution in [-0.2, 0) is 9.47 Å². The van der Waals surface area contributed by atoms with Gasteiger partial charge in [0.05, 0.1) is 18.8 Å². The van der Waals surface area contributed by atoms with E-state index in [0.717, 1.165) is 31.2 Å². The first-order valence-electron chi connectivity index (χ1n) is 9.58. The van der Waals surface area contributed by atoms with E-state index in [-0.39, 0.29) is 17.5 Å². The second-order valence-corrected chi connectivity index (χ2v) is 7.31. The molecule has 0 atom stereocenters. The van der Waals surface area contributed by atoms with Crippen molar-refractivity contribution in [2.45, 2.75) is 25.7 Å². The van der Waals surface area contributed by atoms with Gasteiger partial charge in [0.1, 0.15) is 17.3 Å². The maximum absolute atomic E-state index is 12.0. The molecule has 0 aromatic heterocycles. The standard InChI is InChI=1S/C23H26O5/c1-16(19-6-10-21(24)11-7-19)27-14-17-2-4-18(5-3-17)15-28-23(26)20-8-12-22(25)13-9-20/h6-13,17-18,24-25H,1-5,14-15H2. The Morgan fingerprint density at radius 2 is 1.21 bits per heavy atom. The van der Waals surface area contributed by atoms with E-state index in [2.05, 4.69) is 6.58 Å². The number of carbonyl (C=O) groups is 1. The minimum absolute atomic E-state index is 0.130. The van der Waals surface area contributed by atoms with Gasteiger partial charge in [-0.1, -0.05) is 6.58 Å². The van der Waals surface area contributed by atoms with E-state index in [4.69, 9.17) is 9.47 Å². The SMILES string of the molecule is C=C(OCC1CCC(COC(=O)c2ccc(O)cc2)CC1)c1ccc(O)cc1. The summed E-state index contributed by atoms with van der Waals surface area (Å²) in [6.45, 7) is 5.01. The normalized spacial score (nSPS) is 19.0. The predicted octanol–water partition coefficient (Wildman–Crippen LogP) is 4.75. The van der Waals surface area contributed by atoms with Crippen LogP contribution in [0.2, 0.25) is 0 Å². The van der Waals surface area contributed by atoms with E-state index >= 15 is 0 Å². The molecular formula is C23H26O5. The molecule has 1 fully saturated rings.